The van der Waals surface area contributed by atoms with Crippen molar-refractivity contribution in [3.8, 4) is 11.5 Å². The Labute approximate surface area is 148 Å². The van der Waals surface area contributed by atoms with Crippen LogP contribution in [-0.2, 0) is 11.2 Å². The maximum atomic E-state index is 12.5. The van der Waals surface area contributed by atoms with Crippen LogP contribution in [0, 0.1) is 5.92 Å². The van der Waals surface area contributed by atoms with Gasteiger partial charge < -0.3 is 14.4 Å². The van der Waals surface area contributed by atoms with Crippen LogP contribution in [0.1, 0.15) is 18.4 Å². The van der Waals surface area contributed by atoms with E-state index in [1.54, 1.807) is 13.3 Å². The van der Waals surface area contributed by atoms with Crippen molar-refractivity contribution in [3.63, 3.8) is 0 Å². The summed E-state index contributed by atoms with van der Waals surface area (Å²) in [6.45, 7) is 1.68. The molecule has 1 aliphatic rings. The Morgan fingerprint density at radius 3 is 2.76 bits per heavy atom. The molecule has 1 aromatic carbocycles. The van der Waals surface area contributed by atoms with Crippen molar-refractivity contribution in [2.45, 2.75) is 19.3 Å². The van der Waals surface area contributed by atoms with Crippen molar-refractivity contribution in [1.29, 1.82) is 0 Å². The number of likely N-dealkylation sites (tertiary alicyclic amines) is 1. The van der Waals surface area contributed by atoms with Crippen LogP contribution in [0.5, 0.6) is 11.5 Å². The highest BCUT2D eigenvalue weighted by molar-refractivity contribution is 5.77. The first-order chi connectivity index (χ1) is 12.2. The van der Waals surface area contributed by atoms with Gasteiger partial charge in [-0.1, -0.05) is 6.07 Å². The molecule has 2 aromatic rings. The number of amides is 1. The summed E-state index contributed by atoms with van der Waals surface area (Å²) in [5, 5.41) is 0. The summed E-state index contributed by atoms with van der Waals surface area (Å²) in [5.41, 5.74) is 1.23. The van der Waals surface area contributed by atoms with Crippen molar-refractivity contribution >= 4 is 5.91 Å². The van der Waals surface area contributed by atoms with Crippen molar-refractivity contribution < 1.29 is 14.3 Å². The van der Waals surface area contributed by atoms with Gasteiger partial charge in [0.2, 0.25) is 0 Å². The number of carbonyl (C=O) groups excluding carboxylic acids is 1. The lowest BCUT2D eigenvalue weighted by Gasteiger charge is -2.32. The Kier molecular flexibility index (Phi) is 5.88. The van der Waals surface area contributed by atoms with Gasteiger partial charge in [-0.15, -0.1) is 0 Å². The molecule has 1 saturated heterocycles. The number of hydrogen-bond acceptors (Lipinski definition) is 4. The molecule has 0 radical (unpaired) electrons. The maximum Gasteiger partial charge on any atom is 0.260 e. The SMILES string of the molecule is COc1ccc(OCC(=O)N2CCC[C@H](Cc3cccnc3)C2)cc1. The van der Waals surface area contributed by atoms with Crippen LogP contribution in [0.15, 0.2) is 48.8 Å². The Bertz CT molecular complexity index is 673. The van der Waals surface area contributed by atoms with E-state index >= 15 is 0 Å². The summed E-state index contributed by atoms with van der Waals surface area (Å²) in [6, 6.07) is 11.3. The summed E-state index contributed by atoms with van der Waals surface area (Å²) in [6.07, 6.45) is 6.86. The Morgan fingerprint density at radius 1 is 1.24 bits per heavy atom. The van der Waals surface area contributed by atoms with E-state index in [2.05, 4.69) is 11.1 Å². The third-order valence-corrected chi connectivity index (χ3v) is 4.54. The van der Waals surface area contributed by atoms with E-state index in [4.69, 9.17) is 9.47 Å². The van der Waals surface area contributed by atoms with E-state index in [0.717, 1.165) is 38.1 Å². The van der Waals surface area contributed by atoms with E-state index in [9.17, 15) is 4.79 Å². The third kappa shape index (κ3) is 4.95. The average Bonchev–Trinajstić information content (AvgIpc) is 2.67. The van der Waals surface area contributed by atoms with Crippen LogP contribution in [0.4, 0.5) is 0 Å². The summed E-state index contributed by atoms with van der Waals surface area (Å²) in [7, 11) is 1.62. The molecule has 1 atom stereocenters. The smallest absolute Gasteiger partial charge is 0.260 e. The molecule has 5 heteroatoms. The molecule has 0 aliphatic carbocycles. The quantitative estimate of drug-likeness (QED) is 0.811. The topological polar surface area (TPSA) is 51.7 Å². The maximum absolute atomic E-state index is 12.5. The number of benzene rings is 1. The molecule has 2 heterocycles. The standard InChI is InChI=1S/C20H24N2O3/c1-24-18-6-8-19(9-7-18)25-15-20(23)22-11-3-5-17(14-22)12-16-4-2-10-21-13-16/h2,4,6-10,13,17H,3,5,11-12,14-15H2,1H3/t17-/m1/s1. The van der Waals surface area contributed by atoms with Gasteiger partial charge in [0.15, 0.2) is 6.61 Å². The molecule has 1 amide bonds. The minimum atomic E-state index is 0.0479. The minimum absolute atomic E-state index is 0.0479. The van der Waals surface area contributed by atoms with Gasteiger partial charge >= 0.3 is 0 Å². The van der Waals surface area contributed by atoms with E-state index in [1.165, 1.54) is 5.56 Å². The zero-order valence-electron chi connectivity index (χ0n) is 14.6. The van der Waals surface area contributed by atoms with E-state index in [1.807, 2.05) is 41.4 Å². The monoisotopic (exact) mass is 340 g/mol. The molecular formula is C20H24N2O3. The lowest BCUT2D eigenvalue weighted by atomic mass is 9.92. The normalized spacial score (nSPS) is 17.2. The second-order valence-corrected chi connectivity index (χ2v) is 6.38. The van der Waals surface area contributed by atoms with Crippen LogP contribution >= 0.6 is 0 Å². The number of piperidine rings is 1. The van der Waals surface area contributed by atoms with Crippen molar-refractivity contribution in [2.24, 2.45) is 5.92 Å². The predicted octanol–water partition coefficient (Wildman–Crippen LogP) is 2.95. The largest absolute Gasteiger partial charge is 0.497 e. The highest BCUT2D eigenvalue weighted by Crippen LogP contribution is 2.21. The molecule has 0 unspecified atom stereocenters. The van der Waals surface area contributed by atoms with Gasteiger partial charge in [-0.05, 0) is 61.1 Å². The molecular weight excluding hydrogens is 316 g/mol. The first kappa shape index (κ1) is 17.3. The molecule has 1 fully saturated rings. The van der Waals surface area contributed by atoms with E-state index in [0.29, 0.717) is 11.7 Å². The molecule has 1 aromatic heterocycles. The van der Waals surface area contributed by atoms with Gasteiger partial charge in [0.25, 0.3) is 5.91 Å². The number of nitrogens with zero attached hydrogens (tertiary/aromatic N) is 2. The number of aromatic nitrogens is 1. The van der Waals surface area contributed by atoms with Crippen molar-refractivity contribution in [3.05, 3.63) is 54.4 Å². The second kappa shape index (κ2) is 8.51. The predicted molar refractivity (Wildman–Crippen MR) is 95.7 cm³/mol. The molecule has 0 spiro atoms. The molecule has 1 aliphatic heterocycles. The summed E-state index contributed by atoms with van der Waals surface area (Å²) < 4.78 is 10.7. The van der Waals surface area contributed by atoms with Crippen molar-refractivity contribution in [2.75, 3.05) is 26.8 Å². The van der Waals surface area contributed by atoms with Gasteiger partial charge in [-0.2, -0.15) is 0 Å². The van der Waals surface area contributed by atoms with Crippen LogP contribution in [0.2, 0.25) is 0 Å². The van der Waals surface area contributed by atoms with E-state index < -0.39 is 0 Å². The lowest BCUT2D eigenvalue weighted by molar-refractivity contribution is -0.135. The Hall–Kier alpha value is -2.56. The number of carbonyl (C=O) groups is 1. The van der Waals surface area contributed by atoms with Crippen LogP contribution in [0.3, 0.4) is 0 Å². The molecule has 3 rings (SSSR count). The van der Waals surface area contributed by atoms with Gasteiger partial charge in [0, 0.05) is 25.5 Å². The van der Waals surface area contributed by atoms with Gasteiger partial charge in [-0.3, -0.25) is 9.78 Å². The lowest BCUT2D eigenvalue weighted by Crippen LogP contribution is -2.42. The number of methoxy groups -OCH3 is 1. The Balaban J connectivity index is 1.49. The minimum Gasteiger partial charge on any atom is -0.497 e. The number of hydrogen-bond donors (Lipinski definition) is 0. The van der Waals surface area contributed by atoms with Gasteiger partial charge in [0.1, 0.15) is 11.5 Å². The molecule has 5 nitrogen and oxygen atoms in total. The van der Waals surface area contributed by atoms with Gasteiger partial charge in [-0.25, -0.2) is 0 Å². The highest BCUT2D eigenvalue weighted by atomic mass is 16.5. The van der Waals surface area contributed by atoms with Crippen LogP contribution in [-0.4, -0.2) is 42.6 Å². The summed E-state index contributed by atoms with van der Waals surface area (Å²) in [4.78, 5) is 18.6. The van der Waals surface area contributed by atoms with Crippen LogP contribution < -0.4 is 9.47 Å². The average molecular weight is 340 g/mol. The van der Waals surface area contributed by atoms with Crippen molar-refractivity contribution in [1.82, 2.24) is 9.88 Å². The highest BCUT2D eigenvalue weighted by Gasteiger charge is 2.24. The molecule has 0 bridgehead atoms. The number of ether oxygens (including phenoxy) is 2. The number of pyridine rings is 1. The molecule has 0 saturated carbocycles. The zero-order chi connectivity index (χ0) is 17.5. The van der Waals surface area contributed by atoms with Crippen LogP contribution in [0.25, 0.3) is 0 Å². The first-order valence-electron chi connectivity index (χ1n) is 8.68. The number of rotatable bonds is 6. The zero-order valence-corrected chi connectivity index (χ0v) is 14.6. The fraction of sp³-hybridized carbons (Fsp3) is 0.400. The Morgan fingerprint density at radius 2 is 2.04 bits per heavy atom. The fourth-order valence-corrected chi connectivity index (χ4v) is 3.22. The first-order valence-corrected chi connectivity index (χ1v) is 8.68. The van der Waals surface area contributed by atoms with Gasteiger partial charge in [0.05, 0.1) is 7.11 Å². The fourth-order valence-electron chi connectivity index (χ4n) is 3.22. The second-order valence-electron chi connectivity index (χ2n) is 6.38. The third-order valence-electron chi connectivity index (χ3n) is 4.54. The van der Waals surface area contributed by atoms with E-state index in [-0.39, 0.29) is 12.5 Å². The molecule has 25 heavy (non-hydrogen) atoms. The summed E-state index contributed by atoms with van der Waals surface area (Å²) in [5.74, 6) is 1.99. The molecule has 0 N–H and O–H groups in total. The summed E-state index contributed by atoms with van der Waals surface area (Å²) >= 11 is 0. The molecule has 132 valence electrons.